The van der Waals surface area contributed by atoms with Crippen molar-refractivity contribution >= 4 is 5.91 Å². The maximum absolute atomic E-state index is 11.1. The van der Waals surface area contributed by atoms with Gasteiger partial charge in [-0.1, -0.05) is 52.0 Å². The molecule has 0 radical (unpaired) electrons. The van der Waals surface area contributed by atoms with E-state index in [0.717, 1.165) is 5.56 Å². The first-order valence-electron chi connectivity index (χ1n) is 6.39. The summed E-state index contributed by atoms with van der Waals surface area (Å²) in [6, 6.07) is 7.90. The standard InChI is InChI=1S/C15H23NO2/c1-5-14(18)16-10-13(17)11-6-8-12(9-7-11)15(2,3)4/h6-9,13,17H,5,10H2,1-4H3,(H,16,18). The summed E-state index contributed by atoms with van der Waals surface area (Å²) in [7, 11) is 0. The number of hydrogen-bond acceptors (Lipinski definition) is 2. The van der Waals surface area contributed by atoms with Crippen LogP contribution in [-0.2, 0) is 10.2 Å². The van der Waals surface area contributed by atoms with Gasteiger partial charge in [0.15, 0.2) is 0 Å². The number of hydrogen-bond donors (Lipinski definition) is 2. The SMILES string of the molecule is CCC(=O)NCC(O)c1ccc(C(C)(C)C)cc1. The lowest BCUT2D eigenvalue weighted by molar-refractivity contribution is -0.121. The number of carbonyl (C=O) groups excluding carboxylic acids is 1. The number of rotatable bonds is 4. The van der Waals surface area contributed by atoms with Crippen LogP contribution in [0, 0.1) is 0 Å². The molecule has 0 saturated heterocycles. The van der Waals surface area contributed by atoms with Crippen LogP contribution in [0.25, 0.3) is 0 Å². The molecule has 0 fully saturated rings. The second kappa shape index (κ2) is 6.01. The molecule has 18 heavy (non-hydrogen) atoms. The number of amides is 1. The van der Waals surface area contributed by atoms with Gasteiger partial charge in [-0.25, -0.2) is 0 Å². The summed E-state index contributed by atoms with van der Waals surface area (Å²) in [5.41, 5.74) is 2.18. The van der Waals surface area contributed by atoms with Gasteiger partial charge < -0.3 is 10.4 Å². The Kier molecular flexibility index (Phi) is 4.91. The van der Waals surface area contributed by atoms with Crippen LogP contribution in [0.15, 0.2) is 24.3 Å². The van der Waals surface area contributed by atoms with Crippen LogP contribution >= 0.6 is 0 Å². The van der Waals surface area contributed by atoms with Crippen LogP contribution in [0.4, 0.5) is 0 Å². The van der Waals surface area contributed by atoms with E-state index < -0.39 is 6.10 Å². The molecule has 0 bridgehead atoms. The maximum atomic E-state index is 11.1. The van der Waals surface area contributed by atoms with Crippen molar-refractivity contribution in [2.75, 3.05) is 6.54 Å². The van der Waals surface area contributed by atoms with E-state index >= 15 is 0 Å². The number of aliphatic hydroxyl groups is 1. The van der Waals surface area contributed by atoms with Gasteiger partial charge in [-0.05, 0) is 16.5 Å². The predicted molar refractivity (Wildman–Crippen MR) is 73.4 cm³/mol. The third-order valence-electron chi connectivity index (χ3n) is 2.98. The minimum atomic E-state index is -0.644. The summed E-state index contributed by atoms with van der Waals surface area (Å²) in [4.78, 5) is 11.1. The summed E-state index contributed by atoms with van der Waals surface area (Å²) in [5, 5.41) is 12.6. The number of nitrogens with one attached hydrogen (secondary N) is 1. The van der Waals surface area contributed by atoms with Crippen molar-refractivity contribution in [2.45, 2.75) is 45.6 Å². The van der Waals surface area contributed by atoms with Gasteiger partial charge >= 0.3 is 0 Å². The topological polar surface area (TPSA) is 49.3 Å². The highest BCUT2D eigenvalue weighted by Gasteiger charge is 2.14. The molecule has 1 rings (SSSR count). The smallest absolute Gasteiger partial charge is 0.219 e. The lowest BCUT2D eigenvalue weighted by Gasteiger charge is -2.20. The quantitative estimate of drug-likeness (QED) is 0.861. The molecular formula is C15H23NO2. The highest BCUT2D eigenvalue weighted by Crippen LogP contribution is 2.23. The van der Waals surface area contributed by atoms with Gasteiger partial charge in [-0.3, -0.25) is 4.79 Å². The molecule has 3 nitrogen and oxygen atoms in total. The number of aliphatic hydroxyl groups excluding tert-OH is 1. The largest absolute Gasteiger partial charge is 0.387 e. The molecule has 2 N–H and O–H groups in total. The lowest BCUT2D eigenvalue weighted by Crippen LogP contribution is -2.27. The van der Waals surface area contributed by atoms with Gasteiger partial charge in [-0.15, -0.1) is 0 Å². The van der Waals surface area contributed by atoms with E-state index in [1.54, 1.807) is 6.92 Å². The first kappa shape index (κ1) is 14.7. The van der Waals surface area contributed by atoms with Crippen molar-refractivity contribution in [3.05, 3.63) is 35.4 Å². The van der Waals surface area contributed by atoms with E-state index in [2.05, 4.69) is 26.1 Å². The zero-order valence-electron chi connectivity index (χ0n) is 11.7. The first-order valence-corrected chi connectivity index (χ1v) is 6.39. The maximum Gasteiger partial charge on any atom is 0.219 e. The normalized spacial score (nSPS) is 13.2. The Morgan fingerprint density at radius 3 is 2.28 bits per heavy atom. The Bertz CT molecular complexity index is 390. The molecule has 1 atom stereocenters. The van der Waals surface area contributed by atoms with Gasteiger partial charge in [-0.2, -0.15) is 0 Å². The van der Waals surface area contributed by atoms with Gasteiger partial charge in [0.2, 0.25) is 5.91 Å². The van der Waals surface area contributed by atoms with Crippen LogP contribution in [0.1, 0.15) is 51.3 Å². The molecule has 1 aromatic carbocycles. The predicted octanol–water partition coefficient (Wildman–Crippen LogP) is 2.54. The molecule has 0 aliphatic rings. The fourth-order valence-electron chi connectivity index (χ4n) is 1.66. The van der Waals surface area contributed by atoms with Gasteiger partial charge in [0.25, 0.3) is 0 Å². The molecule has 3 heteroatoms. The van der Waals surface area contributed by atoms with E-state index in [-0.39, 0.29) is 17.9 Å². The van der Waals surface area contributed by atoms with Crippen LogP contribution in [0.2, 0.25) is 0 Å². The van der Waals surface area contributed by atoms with Crippen molar-refractivity contribution in [1.82, 2.24) is 5.32 Å². The molecule has 100 valence electrons. The Balaban J connectivity index is 2.65. The molecule has 0 spiro atoms. The zero-order chi connectivity index (χ0) is 13.8. The molecule has 0 heterocycles. The van der Waals surface area contributed by atoms with Crippen LogP contribution in [0.3, 0.4) is 0 Å². The lowest BCUT2D eigenvalue weighted by atomic mass is 9.86. The monoisotopic (exact) mass is 249 g/mol. The van der Waals surface area contributed by atoms with Crippen molar-refractivity contribution in [1.29, 1.82) is 0 Å². The Hall–Kier alpha value is -1.35. The minimum absolute atomic E-state index is 0.0413. The number of carbonyl (C=O) groups is 1. The van der Waals surface area contributed by atoms with E-state index in [1.165, 1.54) is 5.56 Å². The highest BCUT2D eigenvalue weighted by molar-refractivity contribution is 5.75. The molecule has 0 aliphatic heterocycles. The fourth-order valence-corrected chi connectivity index (χ4v) is 1.66. The zero-order valence-corrected chi connectivity index (χ0v) is 11.7. The molecule has 0 aliphatic carbocycles. The Morgan fingerprint density at radius 2 is 1.83 bits per heavy atom. The van der Waals surface area contributed by atoms with E-state index in [0.29, 0.717) is 6.42 Å². The van der Waals surface area contributed by atoms with Gasteiger partial charge in [0.1, 0.15) is 0 Å². The second-order valence-corrected chi connectivity index (χ2v) is 5.55. The van der Waals surface area contributed by atoms with Crippen molar-refractivity contribution in [3.63, 3.8) is 0 Å². The molecule has 1 unspecified atom stereocenters. The summed E-state index contributed by atoms with van der Waals surface area (Å²) >= 11 is 0. The first-order chi connectivity index (χ1) is 8.34. The van der Waals surface area contributed by atoms with Crippen molar-refractivity contribution < 1.29 is 9.90 Å². The molecule has 1 amide bonds. The Morgan fingerprint density at radius 1 is 1.28 bits per heavy atom. The summed E-state index contributed by atoms with van der Waals surface area (Å²) < 4.78 is 0. The van der Waals surface area contributed by atoms with Gasteiger partial charge in [0.05, 0.1) is 6.10 Å². The average molecular weight is 249 g/mol. The van der Waals surface area contributed by atoms with E-state index in [9.17, 15) is 9.90 Å². The van der Waals surface area contributed by atoms with Crippen LogP contribution in [0.5, 0.6) is 0 Å². The molecule has 1 aromatic rings. The molecule has 0 saturated carbocycles. The van der Waals surface area contributed by atoms with Crippen molar-refractivity contribution in [2.24, 2.45) is 0 Å². The van der Waals surface area contributed by atoms with Gasteiger partial charge in [0, 0.05) is 13.0 Å². The fraction of sp³-hybridized carbons (Fsp3) is 0.533. The highest BCUT2D eigenvalue weighted by atomic mass is 16.3. The average Bonchev–Trinajstić information content (AvgIpc) is 2.34. The summed E-state index contributed by atoms with van der Waals surface area (Å²) in [6.07, 6.45) is -0.204. The minimum Gasteiger partial charge on any atom is -0.387 e. The summed E-state index contributed by atoms with van der Waals surface area (Å²) in [5.74, 6) is -0.0413. The second-order valence-electron chi connectivity index (χ2n) is 5.55. The van der Waals surface area contributed by atoms with Crippen LogP contribution in [-0.4, -0.2) is 17.6 Å². The summed E-state index contributed by atoms with van der Waals surface area (Å²) in [6.45, 7) is 8.51. The van der Waals surface area contributed by atoms with E-state index in [1.807, 2.05) is 24.3 Å². The van der Waals surface area contributed by atoms with E-state index in [4.69, 9.17) is 0 Å². The Labute approximate surface area is 109 Å². The number of benzene rings is 1. The third-order valence-corrected chi connectivity index (χ3v) is 2.98. The third kappa shape index (κ3) is 4.15. The van der Waals surface area contributed by atoms with Crippen LogP contribution < -0.4 is 5.32 Å². The molecule has 0 aromatic heterocycles. The molecular weight excluding hydrogens is 226 g/mol. The van der Waals surface area contributed by atoms with Crippen molar-refractivity contribution in [3.8, 4) is 0 Å².